The molecule has 0 spiro atoms. The maximum Gasteiger partial charge on any atom is 0.234 e. The van der Waals surface area contributed by atoms with Crippen LogP contribution in [0.5, 0.6) is 0 Å². The molecule has 4 rings (SSSR count). The molecule has 4 nitrogen and oxygen atoms in total. The van der Waals surface area contributed by atoms with Crippen LogP contribution in [-0.4, -0.2) is 14.8 Å². The van der Waals surface area contributed by atoms with Gasteiger partial charge in [0.15, 0.2) is 5.82 Å². The third-order valence-electron chi connectivity index (χ3n) is 4.09. The van der Waals surface area contributed by atoms with Crippen LogP contribution in [0.25, 0.3) is 17.1 Å². The normalized spacial score (nSPS) is 10.7. The molecule has 1 heterocycles. The molecular formula is C21H17BrN4. The largest absolute Gasteiger partial charge is 0.324 e. The lowest BCUT2D eigenvalue weighted by atomic mass is 10.2. The minimum Gasteiger partial charge on any atom is -0.324 e. The highest BCUT2D eigenvalue weighted by atomic mass is 79.9. The molecular weight excluding hydrogens is 388 g/mol. The van der Waals surface area contributed by atoms with Gasteiger partial charge in [0.1, 0.15) is 0 Å². The lowest BCUT2D eigenvalue weighted by molar-refractivity contribution is 1.07. The number of aryl methyl sites for hydroxylation is 1. The summed E-state index contributed by atoms with van der Waals surface area (Å²) < 4.78 is 3.07. The second-order valence-corrected chi connectivity index (χ2v) is 6.93. The van der Waals surface area contributed by atoms with Gasteiger partial charge in [-0.3, -0.25) is 4.57 Å². The molecule has 0 aliphatic carbocycles. The van der Waals surface area contributed by atoms with Gasteiger partial charge in [-0.1, -0.05) is 64.0 Å². The van der Waals surface area contributed by atoms with Gasteiger partial charge in [-0.25, -0.2) is 0 Å². The monoisotopic (exact) mass is 404 g/mol. The van der Waals surface area contributed by atoms with E-state index < -0.39 is 0 Å². The van der Waals surface area contributed by atoms with E-state index in [-0.39, 0.29) is 0 Å². The molecule has 0 amide bonds. The zero-order valence-electron chi connectivity index (χ0n) is 14.2. The van der Waals surface area contributed by atoms with Crippen molar-refractivity contribution in [2.75, 3.05) is 5.32 Å². The third kappa shape index (κ3) is 3.39. The van der Waals surface area contributed by atoms with Gasteiger partial charge in [0.2, 0.25) is 5.95 Å². The fourth-order valence-electron chi connectivity index (χ4n) is 2.74. The minimum atomic E-state index is 0.676. The van der Waals surface area contributed by atoms with E-state index in [1.54, 1.807) is 0 Å². The van der Waals surface area contributed by atoms with Crippen molar-refractivity contribution in [2.45, 2.75) is 6.92 Å². The van der Waals surface area contributed by atoms with Crippen LogP contribution in [0.15, 0.2) is 83.3 Å². The number of halogens is 1. The molecule has 0 bridgehead atoms. The van der Waals surface area contributed by atoms with E-state index in [2.05, 4.69) is 62.6 Å². The van der Waals surface area contributed by atoms with E-state index in [0.29, 0.717) is 5.95 Å². The van der Waals surface area contributed by atoms with Gasteiger partial charge < -0.3 is 5.32 Å². The summed E-state index contributed by atoms with van der Waals surface area (Å²) in [5.41, 5.74) is 4.20. The molecule has 0 aliphatic heterocycles. The fraction of sp³-hybridized carbons (Fsp3) is 0.0476. The van der Waals surface area contributed by atoms with Gasteiger partial charge in [0.25, 0.3) is 0 Å². The van der Waals surface area contributed by atoms with Crippen molar-refractivity contribution in [1.82, 2.24) is 14.8 Å². The average Bonchev–Trinajstić information content (AvgIpc) is 3.08. The summed E-state index contributed by atoms with van der Waals surface area (Å²) in [4.78, 5) is 0. The minimum absolute atomic E-state index is 0.676. The Bertz CT molecular complexity index is 1010. The van der Waals surface area contributed by atoms with Gasteiger partial charge in [-0.2, -0.15) is 0 Å². The molecule has 0 aliphatic rings. The first-order valence-corrected chi connectivity index (χ1v) is 9.10. The number of nitrogens with one attached hydrogen (secondary N) is 1. The van der Waals surface area contributed by atoms with Crippen LogP contribution in [0.1, 0.15) is 5.56 Å². The zero-order valence-corrected chi connectivity index (χ0v) is 15.8. The molecule has 0 saturated carbocycles. The van der Waals surface area contributed by atoms with Crippen LogP contribution in [-0.2, 0) is 0 Å². The Morgan fingerprint density at radius 2 is 1.50 bits per heavy atom. The van der Waals surface area contributed by atoms with Crippen molar-refractivity contribution in [2.24, 2.45) is 0 Å². The van der Waals surface area contributed by atoms with E-state index in [0.717, 1.165) is 27.2 Å². The molecule has 128 valence electrons. The Labute approximate surface area is 160 Å². The Kier molecular flexibility index (Phi) is 4.54. The van der Waals surface area contributed by atoms with Crippen molar-refractivity contribution in [3.63, 3.8) is 0 Å². The summed E-state index contributed by atoms with van der Waals surface area (Å²) in [7, 11) is 0. The Morgan fingerprint density at radius 3 is 2.19 bits per heavy atom. The number of hydrogen-bond acceptors (Lipinski definition) is 3. The Balaban J connectivity index is 1.82. The third-order valence-corrected chi connectivity index (χ3v) is 4.62. The summed E-state index contributed by atoms with van der Waals surface area (Å²) >= 11 is 3.46. The summed E-state index contributed by atoms with van der Waals surface area (Å²) in [6.45, 7) is 2.08. The van der Waals surface area contributed by atoms with Crippen LogP contribution >= 0.6 is 15.9 Å². The Hall–Kier alpha value is -2.92. The highest BCUT2D eigenvalue weighted by Gasteiger charge is 2.15. The van der Waals surface area contributed by atoms with Gasteiger partial charge in [-0.15, -0.1) is 10.2 Å². The first-order chi connectivity index (χ1) is 12.7. The van der Waals surface area contributed by atoms with Crippen molar-refractivity contribution in [3.05, 3.63) is 88.9 Å². The predicted molar refractivity (Wildman–Crippen MR) is 109 cm³/mol. The maximum atomic E-state index is 4.44. The highest BCUT2D eigenvalue weighted by Crippen LogP contribution is 2.27. The fourth-order valence-corrected chi connectivity index (χ4v) is 3.00. The highest BCUT2D eigenvalue weighted by molar-refractivity contribution is 9.10. The van der Waals surface area contributed by atoms with Crippen molar-refractivity contribution < 1.29 is 0 Å². The molecule has 1 N–H and O–H groups in total. The van der Waals surface area contributed by atoms with Gasteiger partial charge >= 0.3 is 0 Å². The molecule has 0 saturated heterocycles. The van der Waals surface area contributed by atoms with E-state index in [1.165, 1.54) is 5.56 Å². The molecule has 0 atom stereocenters. The summed E-state index contributed by atoms with van der Waals surface area (Å²) in [6.07, 6.45) is 0. The maximum absolute atomic E-state index is 4.44. The predicted octanol–water partition coefficient (Wildman–Crippen LogP) is 5.75. The van der Waals surface area contributed by atoms with E-state index in [1.807, 2.05) is 59.2 Å². The summed E-state index contributed by atoms with van der Waals surface area (Å²) in [5.74, 6) is 1.48. The van der Waals surface area contributed by atoms with Crippen molar-refractivity contribution >= 4 is 27.6 Å². The number of rotatable bonds is 4. The number of nitrogens with zero attached hydrogens (tertiary/aromatic N) is 3. The molecule has 26 heavy (non-hydrogen) atoms. The SMILES string of the molecule is Cc1ccc(-n2c(Nc3ccc(Br)cc3)nnc2-c2ccccc2)cc1. The van der Waals surface area contributed by atoms with Gasteiger partial charge in [0.05, 0.1) is 5.69 Å². The van der Waals surface area contributed by atoms with E-state index in [4.69, 9.17) is 0 Å². The van der Waals surface area contributed by atoms with Crippen LogP contribution < -0.4 is 5.32 Å². The Morgan fingerprint density at radius 1 is 0.808 bits per heavy atom. The first-order valence-electron chi connectivity index (χ1n) is 8.31. The van der Waals surface area contributed by atoms with Gasteiger partial charge in [-0.05, 0) is 43.3 Å². The molecule has 3 aromatic carbocycles. The van der Waals surface area contributed by atoms with Gasteiger partial charge in [0, 0.05) is 15.7 Å². The molecule has 5 heteroatoms. The quantitative estimate of drug-likeness (QED) is 0.470. The average molecular weight is 405 g/mol. The van der Waals surface area contributed by atoms with Crippen LogP contribution in [0.2, 0.25) is 0 Å². The summed E-state index contributed by atoms with van der Waals surface area (Å²) in [6, 6.07) is 26.4. The van der Waals surface area contributed by atoms with E-state index in [9.17, 15) is 0 Å². The number of benzene rings is 3. The topological polar surface area (TPSA) is 42.7 Å². The smallest absolute Gasteiger partial charge is 0.234 e. The van der Waals surface area contributed by atoms with Crippen LogP contribution in [0.3, 0.4) is 0 Å². The van der Waals surface area contributed by atoms with Crippen LogP contribution in [0, 0.1) is 6.92 Å². The molecule has 1 aromatic heterocycles. The zero-order chi connectivity index (χ0) is 17.9. The molecule has 0 unspecified atom stereocenters. The number of aromatic nitrogens is 3. The number of anilines is 2. The molecule has 0 fully saturated rings. The summed E-state index contributed by atoms with van der Waals surface area (Å²) in [5, 5.41) is 12.2. The first kappa shape index (κ1) is 16.5. The van der Waals surface area contributed by atoms with Crippen molar-refractivity contribution in [3.8, 4) is 17.1 Å². The molecule has 0 radical (unpaired) electrons. The standard InChI is InChI=1S/C21H17BrN4/c1-15-7-13-19(14-8-15)26-20(16-5-3-2-4-6-16)24-25-21(26)23-18-11-9-17(22)10-12-18/h2-14H,1H3,(H,23,25). The van der Waals surface area contributed by atoms with Crippen LogP contribution in [0.4, 0.5) is 11.6 Å². The number of hydrogen-bond donors (Lipinski definition) is 1. The van der Waals surface area contributed by atoms with Crippen molar-refractivity contribution in [1.29, 1.82) is 0 Å². The molecule has 4 aromatic rings. The lowest BCUT2D eigenvalue weighted by Gasteiger charge is -2.12. The van der Waals surface area contributed by atoms with E-state index >= 15 is 0 Å². The second-order valence-electron chi connectivity index (χ2n) is 6.02. The second kappa shape index (κ2) is 7.14. The lowest BCUT2D eigenvalue weighted by Crippen LogP contribution is -2.03.